The van der Waals surface area contributed by atoms with E-state index in [1.165, 1.54) is 6.92 Å². The molecule has 0 N–H and O–H groups in total. The lowest BCUT2D eigenvalue weighted by Crippen LogP contribution is -2.57. The summed E-state index contributed by atoms with van der Waals surface area (Å²) in [5.74, 6) is -3.61. The van der Waals surface area contributed by atoms with Crippen LogP contribution < -0.4 is 0 Å². The van der Waals surface area contributed by atoms with Crippen LogP contribution in [-0.2, 0) is 14.3 Å². The molecule has 23 heavy (non-hydrogen) atoms. The van der Waals surface area contributed by atoms with Crippen LogP contribution in [0.2, 0.25) is 0 Å². The molecule has 2 unspecified atom stereocenters. The average Bonchev–Trinajstić information content (AvgIpc) is 2.39. The van der Waals surface area contributed by atoms with Gasteiger partial charge in [0.15, 0.2) is 11.5 Å². The van der Waals surface area contributed by atoms with Crippen LogP contribution in [0.15, 0.2) is 0 Å². The Balaban J connectivity index is 2.85. The van der Waals surface area contributed by atoms with Crippen molar-refractivity contribution in [1.82, 2.24) is 4.90 Å². The molecule has 5 nitrogen and oxygen atoms in total. The number of amides is 1. The van der Waals surface area contributed by atoms with Gasteiger partial charge in [-0.15, -0.1) is 0 Å². The highest BCUT2D eigenvalue weighted by Gasteiger charge is 2.50. The van der Waals surface area contributed by atoms with Crippen molar-refractivity contribution in [3.05, 3.63) is 0 Å². The topological polar surface area (TPSA) is 63.7 Å². The molecule has 1 saturated heterocycles. The fourth-order valence-corrected chi connectivity index (χ4v) is 2.32. The summed E-state index contributed by atoms with van der Waals surface area (Å²) < 4.78 is 44.7. The zero-order valence-electron chi connectivity index (χ0n) is 13.7. The number of Topliss-reactive ketones (excluding diaryl/α,β-unsaturated/α-hetero) is 2. The molecule has 0 saturated carbocycles. The van der Waals surface area contributed by atoms with Gasteiger partial charge in [-0.2, -0.15) is 0 Å². The van der Waals surface area contributed by atoms with Crippen molar-refractivity contribution in [2.75, 3.05) is 13.1 Å². The van der Waals surface area contributed by atoms with E-state index >= 15 is 4.39 Å². The summed E-state index contributed by atoms with van der Waals surface area (Å²) in [7, 11) is 0. The summed E-state index contributed by atoms with van der Waals surface area (Å²) in [5, 5.41) is 0. The third-order valence-corrected chi connectivity index (χ3v) is 3.73. The molecule has 0 aromatic heterocycles. The van der Waals surface area contributed by atoms with E-state index in [4.69, 9.17) is 4.74 Å². The van der Waals surface area contributed by atoms with Crippen molar-refractivity contribution < 1.29 is 32.3 Å². The molecule has 1 rings (SSSR count). The first-order chi connectivity index (χ1) is 10.4. The third kappa shape index (κ3) is 4.94. The molecule has 2 atom stereocenters. The quantitative estimate of drug-likeness (QED) is 0.740. The van der Waals surface area contributed by atoms with Crippen LogP contribution in [0.25, 0.3) is 0 Å². The Kier molecular flexibility index (Phi) is 5.82. The highest BCUT2D eigenvalue weighted by atomic mass is 19.3. The number of carbonyl (C=O) groups is 3. The molecule has 1 fully saturated rings. The summed E-state index contributed by atoms with van der Waals surface area (Å²) in [4.78, 5) is 36.0. The predicted molar refractivity (Wildman–Crippen MR) is 76.1 cm³/mol. The molecule has 0 aromatic carbocycles. The van der Waals surface area contributed by atoms with Gasteiger partial charge in [0.2, 0.25) is 5.78 Å². The van der Waals surface area contributed by atoms with Gasteiger partial charge >= 0.3 is 6.09 Å². The lowest BCUT2D eigenvalue weighted by Gasteiger charge is -2.40. The number of hydrogen-bond donors (Lipinski definition) is 0. The van der Waals surface area contributed by atoms with E-state index in [-0.39, 0.29) is 13.0 Å². The van der Waals surface area contributed by atoms with E-state index in [0.717, 1.165) is 4.90 Å². The van der Waals surface area contributed by atoms with E-state index < -0.39 is 54.2 Å². The molecule has 1 aliphatic heterocycles. The molecular weight excluding hydrogens is 315 g/mol. The average molecular weight is 337 g/mol. The molecule has 0 bridgehead atoms. The van der Waals surface area contributed by atoms with Gasteiger partial charge in [-0.05, 0) is 27.2 Å². The van der Waals surface area contributed by atoms with Crippen LogP contribution in [0.4, 0.5) is 18.0 Å². The Bertz CT molecular complexity index is 490. The maximum atomic E-state index is 15.0. The van der Waals surface area contributed by atoms with Gasteiger partial charge in [0, 0.05) is 12.5 Å². The fraction of sp³-hybridized carbons (Fsp3) is 0.800. The SMILES string of the molecule is CC1CCN(C(=O)OC(C)(C)C)CC1(F)C(=O)CC(=O)C(F)F. The lowest BCUT2D eigenvalue weighted by atomic mass is 9.79. The maximum Gasteiger partial charge on any atom is 0.410 e. The van der Waals surface area contributed by atoms with Crippen molar-refractivity contribution in [1.29, 1.82) is 0 Å². The van der Waals surface area contributed by atoms with Crippen molar-refractivity contribution in [3.8, 4) is 0 Å². The monoisotopic (exact) mass is 337 g/mol. The lowest BCUT2D eigenvalue weighted by molar-refractivity contribution is -0.144. The summed E-state index contributed by atoms with van der Waals surface area (Å²) in [6.07, 6.45) is -5.10. The second-order valence-electron chi connectivity index (χ2n) is 6.82. The van der Waals surface area contributed by atoms with Crippen LogP contribution in [0.1, 0.15) is 40.5 Å². The summed E-state index contributed by atoms with van der Waals surface area (Å²) in [5.41, 5.74) is -3.31. The number of hydrogen-bond acceptors (Lipinski definition) is 4. The molecule has 0 radical (unpaired) electrons. The largest absolute Gasteiger partial charge is 0.444 e. The molecule has 8 heteroatoms. The number of ether oxygens (including phenoxy) is 1. The molecule has 1 amide bonds. The predicted octanol–water partition coefficient (Wildman–Crippen LogP) is 2.77. The molecule has 0 spiro atoms. The molecular formula is C15H22F3NO4. The summed E-state index contributed by atoms with van der Waals surface area (Å²) in [6.45, 7) is 5.99. The second-order valence-corrected chi connectivity index (χ2v) is 6.82. The molecule has 0 aliphatic carbocycles. The van der Waals surface area contributed by atoms with Crippen molar-refractivity contribution in [2.24, 2.45) is 5.92 Å². The van der Waals surface area contributed by atoms with E-state index in [9.17, 15) is 23.2 Å². The zero-order valence-corrected chi connectivity index (χ0v) is 13.7. The fourth-order valence-electron chi connectivity index (χ4n) is 2.32. The highest BCUT2D eigenvalue weighted by molar-refractivity contribution is 6.04. The van der Waals surface area contributed by atoms with Crippen LogP contribution >= 0.6 is 0 Å². The summed E-state index contributed by atoms with van der Waals surface area (Å²) >= 11 is 0. The van der Waals surface area contributed by atoms with Gasteiger partial charge in [0.05, 0.1) is 13.0 Å². The first-order valence-corrected chi connectivity index (χ1v) is 7.38. The number of alkyl halides is 3. The number of carbonyl (C=O) groups excluding carboxylic acids is 3. The van der Waals surface area contributed by atoms with Gasteiger partial charge in [0.25, 0.3) is 6.43 Å². The number of halogens is 3. The number of nitrogens with zero attached hydrogens (tertiary/aromatic N) is 1. The minimum atomic E-state index is -3.32. The molecule has 132 valence electrons. The van der Waals surface area contributed by atoms with Crippen LogP contribution in [0.5, 0.6) is 0 Å². The Hall–Kier alpha value is -1.60. The highest BCUT2D eigenvalue weighted by Crippen LogP contribution is 2.34. The maximum absolute atomic E-state index is 15.0. The molecule has 1 heterocycles. The normalized spacial score (nSPS) is 25.4. The number of piperidine rings is 1. The van der Waals surface area contributed by atoms with Crippen molar-refractivity contribution in [3.63, 3.8) is 0 Å². The van der Waals surface area contributed by atoms with E-state index in [2.05, 4.69) is 0 Å². The van der Waals surface area contributed by atoms with Crippen molar-refractivity contribution in [2.45, 2.75) is 58.2 Å². The van der Waals surface area contributed by atoms with Crippen LogP contribution in [0.3, 0.4) is 0 Å². The van der Waals surface area contributed by atoms with E-state index in [0.29, 0.717) is 0 Å². The van der Waals surface area contributed by atoms with Crippen LogP contribution in [0, 0.1) is 5.92 Å². The zero-order chi connectivity index (χ0) is 18.0. The van der Waals surface area contributed by atoms with Gasteiger partial charge in [-0.25, -0.2) is 18.0 Å². The number of likely N-dealkylation sites (tertiary alicyclic amines) is 1. The van der Waals surface area contributed by atoms with Crippen LogP contribution in [-0.4, -0.2) is 53.3 Å². The minimum absolute atomic E-state index is 0.171. The Morgan fingerprint density at radius 1 is 1.30 bits per heavy atom. The number of ketones is 2. The van der Waals surface area contributed by atoms with Crippen molar-refractivity contribution >= 4 is 17.7 Å². The molecule has 1 aliphatic rings. The van der Waals surface area contributed by atoms with Gasteiger partial charge in [0.1, 0.15) is 5.60 Å². The van der Waals surface area contributed by atoms with Gasteiger partial charge in [-0.3, -0.25) is 9.59 Å². The van der Waals surface area contributed by atoms with E-state index in [1.54, 1.807) is 20.8 Å². The Morgan fingerprint density at radius 2 is 1.87 bits per heavy atom. The Labute approximate surface area is 133 Å². The number of rotatable bonds is 4. The third-order valence-electron chi connectivity index (χ3n) is 3.73. The first kappa shape index (κ1) is 19.4. The first-order valence-electron chi connectivity index (χ1n) is 7.38. The standard InChI is InChI=1S/C15H22F3NO4/c1-9-5-6-19(13(22)23-14(2,3)4)8-15(9,18)11(21)7-10(20)12(16)17/h9,12H,5-8H2,1-4H3. The minimum Gasteiger partial charge on any atom is -0.444 e. The Morgan fingerprint density at radius 3 is 2.35 bits per heavy atom. The van der Waals surface area contributed by atoms with Gasteiger partial charge in [-0.1, -0.05) is 6.92 Å². The second kappa shape index (κ2) is 6.88. The summed E-state index contributed by atoms with van der Waals surface area (Å²) in [6, 6.07) is 0. The molecule has 0 aromatic rings. The smallest absolute Gasteiger partial charge is 0.410 e. The van der Waals surface area contributed by atoms with E-state index in [1.807, 2.05) is 0 Å². The van der Waals surface area contributed by atoms with Gasteiger partial charge < -0.3 is 9.64 Å².